The van der Waals surface area contributed by atoms with Crippen molar-refractivity contribution < 1.29 is 4.79 Å². The van der Waals surface area contributed by atoms with E-state index in [4.69, 9.17) is 0 Å². The third-order valence-electron chi connectivity index (χ3n) is 1.81. The Kier molecular flexibility index (Phi) is 5.33. The van der Waals surface area contributed by atoms with Crippen LogP contribution >= 0.6 is 13.5 Å². The van der Waals surface area contributed by atoms with E-state index in [-0.39, 0.29) is 31.5 Å². The summed E-state index contributed by atoms with van der Waals surface area (Å²) in [5, 5.41) is 6.03. The fourth-order valence-corrected chi connectivity index (χ4v) is 1.29. The number of carbonyl (C=O) groups excluding carboxylic acids is 1. The molecule has 1 atom stereocenters. The van der Waals surface area contributed by atoms with E-state index in [0.29, 0.717) is 0 Å². The van der Waals surface area contributed by atoms with Crippen LogP contribution in [0.2, 0.25) is 0 Å². The van der Waals surface area contributed by atoms with Gasteiger partial charge in [0.05, 0.1) is 6.04 Å². The quantitative estimate of drug-likeness (QED) is 0.661. The molecule has 0 aromatic heterocycles. The predicted molar refractivity (Wildman–Crippen MR) is 54.7 cm³/mol. The minimum Gasteiger partial charge on any atom is -0.353 e. The van der Waals surface area contributed by atoms with Crippen molar-refractivity contribution in [3.05, 3.63) is 0 Å². The van der Waals surface area contributed by atoms with Gasteiger partial charge in [-0.15, -0.1) is 0 Å². The molecule has 0 bridgehead atoms. The van der Waals surface area contributed by atoms with Crippen LogP contribution in [0.4, 0.5) is 0 Å². The van der Waals surface area contributed by atoms with Gasteiger partial charge in [-0.3, -0.25) is 4.79 Å². The normalized spacial score (nSPS) is 22.1. The Labute approximate surface area is 80.7 Å². The Morgan fingerprint density at radius 1 is 1.58 bits per heavy atom. The maximum Gasteiger partial charge on any atom is 0.237 e. The van der Waals surface area contributed by atoms with Crippen LogP contribution in [0.25, 0.3) is 0 Å². The van der Waals surface area contributed by atoms with E-state index in [1.54, 1.807) is 0 Å². The lowest BCUT2D eigenvalue weighted by Crippen LogP contribution is -2.43. The molecule has 0 aromatic rings. The van der Waals surface area contributed by atoms with E-state index < -0.39 is 0 Å². The van der Waals surface area contributed by atoms with Gasteiger partial charge in [-0.1, -0.05) is 0 Å². The van der Waals surface area contributed by atoms with Gasteiger partial charge in [0.1, 0.15) is 0 Å². The summed E-state index contributed by atoms with van der Waals surface area (Å²) in [4.78, 5) is 11.3. The third kappa shape index (κ3) is 3.45. The van der Waals surface area contributed by atoms with Gasteiger partial charge in [-0.05, 0) is 33.2 Å². The van der Waals surface area contributed by atoms with Gasteiger partial charge in [-0.2, -0.15) is 13.5 Å². The molecule has 0 saturated carbocycles. The molecule has 0 radical (unpaired) electrons. The summed E-state index contributed by atoms with van der Waals surface area (Å²) in [5.74, 6) is 0.150. The van der Waals surface area contributed by atoms with Gasteiger partial charge < -0.3 is 10.6 Å². The lowest BCUT2D eigenvalue weighted by atomic mass is 10.2. The van der Waals surface area contributed by atoms with Crippen LogP contribution in [0.3, 0.4) is 0 Å². The second-order valence-electron chi connectivity index (χ2n) is 3.31. The minimum atomic E-state index is 0. The molecule has 1 rings (SSSR count). The summed E-state index contributed by atoms with van der Waals surface area (Å²) in [6.45, 7) is 4.94. The monoisotopic (exact) mass is 190 g/mol. The fraction of sp³-hybridized carbons (Fsp3) is 0.875. The zero-order valence-electron chi connectivity index (χ0n) is 7.68. The molecular weight excluding hydrogens is 172 g/mol. The summed E-state index contributed by atoms with van der Waals surface area (Å²) in [7, 11) is 0. The minimum absolute atomic E-state index is 0. The molecule has 0 spiro atoms. The maximum atomic E-state index is 11.3. The van der Waals surface area contributed by atoms with Crippen LogP contribution in [-0.2, 0) is 4.79 Å². The molecule has 2 N–H and O–H groups in total. The van der Waals surface area contributed by atoms with Crippen molar-refractivity contribution in [3.63, 3.8) is 0 Å². The van der Waals surface area contributed by atoms with Crippen molar-refractivity contribution in [2.24, 2.45) is 0 Å². The largest absolute Gasteiger partial charge is 0.353 e. The van der Waals surface area contributed by atoms with Crippen molar-refractivity contribution in [2.75, 3.05) is 6.54 Å². The molecule has 0 aliphatic carbocycles. The van der Waals surface area contributed by atoms with E-state index in [9.17, 15) is 4.79 Å². The number of hydrogen-bond donors (Lipinski definition) is 2. The van der Waals surface area contributed by atoms with Crippen LogP contribution < -0.4 is 10.6 Å². The van der Waals surface area contributed by atoms with Crippen molar-refractivity contribution >= 4 is 19.4 Å². The summed E-state index contributed by atoms with van der Waals surface area (Å²) in [6.07, 6.45) is 2.11. The Hall–Kier alpha value is -0.220. The van der Waals surface area contributed by atoms with Crippen molar-refractivity contribution in [1.29, 1.82) is 0 Å². The molecule has 4 heteroatoms. The van der Waals surface area contributed by atoms with Gasteiger partial charge in [0.2, 0.25) is 5.91 Å². The first-order chi connectivity index (χ1) is 5.20. The number of hydrogen-bond acceptors (Lipinski definition) is 2. The van der Waals surface area contributed by atoms with E-state index >= 15 is 0 Å². The Bertz CT molecular complexity index is 144. The zero-order chi connectivity index (χ0) is 8.27. The highest BCUT2D eigenvalue weighted by Gasteiger charge is 2.21. The first kappa shape index (κ1) is 11.8. The van der Waals surface area contributed by atoms with Gasteiger partial charge in [-0.25, -0.2) is 0 Å². The molecule has 3 nitrogen and oxygen atoms in total. The van der Waals surface area contributed by atoms with Crippen molar-refractivity contribution in [3.8, 4) is 0 Å². The van der Waals surface area contributed by atoms with Gasteiger partial charge in [0.15, 0.2) is 0 Å². The van der Waals surface area contributed by atoms with E-state index in [2.05, 4.69) is 10.6 Å². The van der Waals surface area contributed by atoms with Gasteiger partial charge >= 0.3 is 0 Å². The highest BCUT2D eigenvalue weighted by Crippen LogP contribution is 2.04. The third-order valence-corrected chi connectivity index (χ3v) is 1.81. The molecule has 1 amide bonds. The molecule has 1 fully saturated rings. The van der Waals surface area contributed by atoms with E-state index in [1.165, 1.54) is 0 Å². The fourth-order valence-electron chi connectivity index (χ4n) is 1.29. The smallest absolute Gasteiger partial charge is 0.237 e. The van der Waals surface area contributed by atoms with Crippen LogP contribution in [-0.4, -0.2) is 24.5 Å². The number of rotatable bonds is 2. The second-order valence-corrected chi connectivity index (χ2v) is 3.31. The summed E-state index contributed by atoms with van der Waals surface area (Å²) in [5.41, 5.74) is 0. The maximum absolute atomic E-state index is 11.3. The average molecular weight is 190 g/mol. The molecule has 0 unspecified atom stereocenters. The highest BCUT2D eigenvalue weighted by atomic mass is 32.1. The number of amides is 1. The second kappa shape index (κ2) is 5.43. The Morgan fingerprint density at radius 2 is 2.25 bits per heavy atom. The molecule has 72 valence electrons. The van der Waals surface area contributed by atoms with Gasteiger partial charge in [0.25, 0.3) is 0 Å². The first-order valence-electron chi connectivity index (χ1n) is 4.24. The lowest BCUT2D eigenvalue weighted by molar-refractivity contribution is -0.123. The molecule has 1 aliphatic rings. The van der Waals surface area contributed by atoms with Crippen LogP contribution in [0, 0.1) is 0 Å². The molecule has 1 aliphatic heterocycles. The Balaban J connectivity index is 0.00000121. The summed E-state index contributed by atoms with van der Waals surface area (Å²) in [6, 6.07) is 0.322. The summed E-state index contributed by atoms with van der Waals surface area (Å²) < 4.78 is 0. The van der Waals surface area contributed by atoms with Crippen LogP contribution in [0.1, 0.15) is 26.7 Å². The average Bonchev–Trinajstić information content (AvgIpc) is 2.35. The standard InChI is InChI=1S/C8H16N2O.H2S/c1-6(2)10-8(11)7-4-3-5-9-7;/h6-7,9H,3-5H2,1-2H3,(H,10,11);1H2/t7-;/m0./s1. The van der Waals surface area contributed by atoms with E-state index in [1.807, 2.05) is 13.8 Å². The molecule has 12 heavy (non-hydrogen) atoms. The van der Waals surface area contributed by atoms with E-state index in [0.717, 1.165) is 19.4 Å². The molecule has 0 aromatic carbocycles. The van der Waals surface area contributed by atoms with Crippen molar-refractivity contribution in [1.82, 2.24) is 10.6 Å². The molecule has 1 saturated heterocycles. The van der Waals surface area contributed by atoms with Crippen molar-refractivity contribution in [2.45, 2.75) is 38.8 Å². The Morgan fingerprint density at radius 3 is 2.67 bits per heavy atom. The molecule has 1 heterocycles. The summed E-state index contributed by atoms with van der Waals surface area (Å²) >= 11 is 0. The zero-order valence-corrected chi connectivity index (χ0v) is 8.68. The first-order valence-corrected chi connectivity index (χ1v) is 4.24. The van der Waals surface area contributed by atoms with Crippen LogP contribution in [0.15, 0.2) is 0 Å². The number of carbonyl (C=O) groups is 1. The predicted octanol–water partition coefficient (Wildman–Crippen LogP) is 0.376. The highest BCUT2D eigenvalue weighted by molar-refractivity contribution is 7.59. The topological polar surface area (TPSA) is 41.1 Å². The number of nitrogens with one attached hydrogen (secondary N) is 2. The molecular formula is C8H18N2OS. The van der Waals surface area contributed by atoms with Crippen LogP contribution in [0.5, 0.6) is 0 Å². The SMILES string of the molecule is CC(C)NC(=O)[C@@H]1CCCN1.S. The van der Waals surface area contributed by atoms with Gasteiger partial charge in [0, 0.05) is 6.04 Å². The lowest BCUT2D eigenvalue weighted by Gasteiger charge is -2.13.